The molecule has 1 aliphatic heterocycles. The SMILES string of the molecule is CC(=O)Nc1c2c(nn1CC(=O)NCc1ccco1)CSC2. The Kier molecular flexibility index (Phi) is 4.19. The van der Waals surface area contributed by atoms with Crippen LogP contribution in [0.3, 0.4) is 0 Å². The number of thioether (sulfide) groups is 1. The van der Waals surface area contributed by atoms with Gasteiger partial charge < -0.3 is 15.1 Å². The van der Waals surface area contributed by atoms with Gasteiger partial charge in [0.15, 0.2) is 0 Å². The number of hydrogen-bond donors (Lipinski definition) is 2. The summed E-state index contributed by atoms with van der Waals surface area (Å²) in [6.45, 7) is 1.84. The molecule has 2 N–H and O–H groups in total. The lowest BCUT2D eigenvalue weighted by Gasteiger charge is -2.09. The van der Waals surface area contributed by atoms with Crippen LogP contribution >= 0.6 is 11.8 Å². The van der Waals surface area contributed by atoms with Crippen LogP contribution < -0.4 is 10.6 Å². The molecule has 0 saturated carbocycles. The molecule has 116 valence electrons. The summed E-state index contributed by atoms with van der Waals surface area (Å²) < 4.78 is 6.72. The van der Waals surface area contributed by atoms with E-state index in [1.807, 2.05) is 0 Å². The first-order valence-corrected chi connectivity index (χ1v) is 8.02. The topological polar surface area (TPSA) is 89.2 Å². The van der Waals surface area contributed by atoms with Crippen molar-refractivity contribution in [2.24, 2.45) is 0 Å². The summed E-state index contributed by atoms with van der Waals surface area (Å²) in [4.78, 5) is 23.4. The molecule has 8 heteroatoms. The maximum absolute atomic E-state index is 12.0. The Hall–Kier alpha value is -2.22. The highest BCUT2D eigenvalue weighted by Crippen LogP contribution is 2.34. The van der Waals surface area contributed by atoms with Crippen molar-refractivity contribution in [3.63, 3.8) is 0 Å². The Labute approximate surface area is 131 Å². The summed E-state index contributed by atoms with van der Waals surface area (Å²) in [5.41, 5.74) is 1.95. The zero-order valence-electron chi connectivity index (χ0n) is 12.1. The third-order valence-electron chi connectivity index (χ3n) is 3.25. The van der Waals surface area contributed by atoms with E-state index in [2.05, 4.69) is 15.7 Å². The number of nitrogens with one attached hydrogen (secondary N) is 2. The van der Waals surface area contributed by atoms with Crippen LogP contribution in [0.5, 0.6) is 0 Å². The van der Waals surface area contributed by atoms with Gasteiger partial charge in [-0.1, -0.05) is 0 Å². The predicted octanol–water partition coefficient (Wildman–Crippen LogP) is 1.50. The maximum atomic E-state index is 12.0. The lowest BCUT2D eigenvalue weighted by Crippen LogP contribution is -2.28. The number of nitrogens with zero attached hydrogens (tertiary/aromatic N) is 2. The number of amides is 2. The van der Waals surface area contributed by atoms with E-state index in [0.29, 0.717) is 18.1 Å². The third-order valence-corrected chi connectivity index (χ3v) is 4.22. The molecule has 0 radical (unpaired) electrons. The van der Waals surface area contributed by atoms with Gasteiger partial charge >= 0.3 is 0 Å². The number of anilines is 1. The zero-order chi connectivity index (χ0) is 15.5. The largest absolute Gasteiger partial charge is 0.467 e. The Morgan fingerprint density at radius 3 is 3.05 bits per heavy atom. The average Bonchev–Trinajstić information content (AvgIpc) is 3.16. The first kappa shape index (κ1) is 14.7. The second kappa shape index (κ2) is 6.27. The molecule has 7 nitrogen and oxygen atoms in total. The minimum atomic E-state index is -0.183. The van der Waals surface area contributed by atoms with Crippen LogP contribution in [0.25, 0.3) is 0 Å². The molecule has 22 heavy (non-hydrogen) atoms. The molecule has 0 bridgehead atoms. The van der Waals surface area contributed by atoms with Crippen molar-refractivity contribution in [3.8, 4) is 0 Å². The second-order valence-corrected chi connectivity index (χ2v) is 5.95. The molecule has 0 atom stereocenters. The lowest BCUT2D eigenvalue weighted by atomic mass is 10.3. The third kappa shape index (κ3) is 3.16. The Morgan fingerprint density at radius 1 is 1.45 bits per heavy atom. The fraction of sp³-hybridized carbons (Fsp3) is 0.357. The minimum absolute atomic E-state index is 0.0635. The van der Waals surface area contributed by atoms with Crippen molar-refractivity contribution in [3.05, 3.63) is 35.4 Å². The number of rotatable bonds is 5. The summed E-state index contributed by atoms with van der Waals surface area (Å²) >= 11 is 1.75. The van der Waals surface area contributed by atoms with Gasteiger partial charge in [-0.15, -0.1) is 0 Å². The molecule has 0 spiro atoms. The first-order valence-electron chi connectivity index (χ1n) is 6.86. The van der Waals surface area contributed by atoms with Crippen molar-refractivity contribution < 1.29 is 14.0 Å². The van der Waals surface area contributed by atoms with Crippen LogP contribution in [-0.2, 0) is 34.2 Å². The van der Waals surface area contributed by atoms with Gasteiger partial charge in [0.2, 0.25) is 11.8 Å². The highest BCUT2D eigenvalue weighted by Gasteiger charge is 2.24. The van der Waals surface area contributed by atoms with Gasteiger partial charge in [0, 0.05) is 24.0 Å². The van der Waals surface area contributed by atoms with Crippen LogP contribution in [0.4, 0.5) is 5.82 Å². The summed E-state index contributed by atoms with van der Waals surface area (Å²) in [6, 6.07) is 3.56. The Bertz CT molecular complexity index is 693. The van der Waals surface area contributed by atoms with Gasteiger partial charge in [0.05, 0.1) is 18.5 Å². The molecule has 2 aromatic heterocycles. The molecule has 2 aromatic rings. The van der Waals surface area contributed by atoms with Crippen LogP contribution in [0.2, 0.25) is 0 Å². The highest BCUT2D eigenvalue weighted by molar-refractivity contribution is 7.98. The molecule has 0 aliphatic carbocycles. The molecule has 3 heterocycles. The van der Waals surface area contributed by atoms with Crippen molar-refractivity contribution in [1.82, 2.24) is 15.1 Å². The van der Waals surface area contributed by atoms with E-state index in [1.165, 1.54) is 6.92 Å². The van der Waals surface area contributed by atoms with E-state index in [0.717, 1.165) is 22.8 Å². The highest BCUT2D eigenvalue weighted by atomic mass is 32.2. The number of aromatic nitrogens is 2. The molecule has 2 amide bonds. The number of furan rings is 1. The Morgan fingerprint density at radius 2 is 2.32 bits per heavy atom. The molecule has 0 aromatic carbocycles. The predicted molar refractivity (Wildman–Crippen MR) is 82.1 cm³/mol. The van der Waals surface area contributed by atoms with Crippen molar-refractivity contribution in [2.45, 2.75) is 31.5 Å². The number of carbonyl (C=O) groups excluding carboxylic acids is 2. The molecule has 1 aliphatic rings. The van der Waals surface area contributed by atoms with Gasteiger partial charge in [0.25, 0.3) is 0 Å². The maximum Gasteiger partial charge on any atom is 0.242 e. The molecular weight excluding hydrogens is 304 g/mol. The van der Waals surface area contributed by atoms with Gasteiger partial charge in [-0.25, -0.2) is 4.68 Å². The van der Waals surface area contributed by atoms with E-state index in [-0.39, 0.29) is 18.4 Å². The van der Waals surface area contributed by atoms with E-state index in [4.69, 9.17) is 4.42 Å². The first-order chi connectivity index (χ1) is 10.6. The molecule has 0 fully saturated rings. The van der Waals surface area contributed by atoms with Crippen molar-refractivity contribution >= 4 is 29.4 Å². The summed E-state index contributed by atoms with van der Waals surface area (Å²) in [6.07, 6.45) is 1.56. The number of hydrogen-bond acceptors (Lipinski definition) is 5. The van der Waals surface area contributed by atoms with Gasteiger partial charge in [-0.05, 0) is 12.1 Å². The van der Waals surface area contributed by atoms with Gasteiger partial charge in [-0.2, -0.15) is 16.9 Å². The average molecular weight is 320 g/mol. The minimum Gasteiger partial charge on any atom is -0.467 e. The normalized spacial score (nSPS) is 13.0. The van der Waals surface area contributed by atoms with Crippen LogP contribution in [-0.4, -0.2) is 21.6 Å². The van der Waals surface area contributed by atoms with Gasteiger partial charge in [-0.3, -0.25) is 9.59 Å². The molecular formula is C14H16N4O3S. The van der Waals surface area contributed by atoms with E-state index < -0.39 is 0 Å². The van der Waals surface area contributed by atoms with Crippen LogP contribution in [0.1, 0.15) is 23.9 Å². The summed E-state index contributed by atoms with van der Waals surface area (Å²) in [7, 11) is 0. The van der Waals surface area contributed by atoms with Crippen molar-refractivity contribution in [1.29, 1.82) is 0 Å². The van der Waals surface area contributed by atoms with Crippen molar-refractivity contribution in [2.75, 3.05) is 5.32 Å². The molecule has 0 saturated heterocycles. The van der Waals surface area contributed by atoms with E-state index >= 15 is 0 Å². The fourth-order valence-electron chi connectivity index (χ4n) is 2.28. The standard InChI is InChI=1S/C14H16N4O3S/c1-9(19)16-14-11-7-22-8-12(11)17-18(14)6-13(20)15-5-10-3-2-4-21-10/h2-4H,5-8H2,1H3,(H,15,20)(H,16,19). The van der Waals surface area contributed by atoms with E-state index in [1.54, 1.807) is 34.8 Å². The smallest absolute Gasteiger partial charge is 0.242 e. The Balaban J connectivity index is 1.68. The number of fused-ring (bicyclic) bond motifs is 1. The zero-order valence-corrected chi connectivity index (χ0v) is 12.9. The lowest BCUT2D eigenvalue weighted by molar-refractivity contribution is -0.122. The van der Waals surface area contributed by atoms with Crippen LogP contribution in [0, 0.1) is 0 Å². The number of carbonyl (C=O) groups is 2. The van der Waals surface area contributed by atoms with Crippen LogP contribution in [0.15, 0.2) is 22.8 Å². The quantitative estimate of drug-likeness (QED) is 0.871. The summed E-state index contributed by atoms with van der Waals surface area (Å²) in [5, 5.41) is 9.97. The summed E-state index contributed by atoms with van der Waals surface area (Å²) in [5.74, 6) is 2.58. The van der Waals surface area contributed by atoms with E-state index in [9.17, 15) is 9.59 Å². The second-order valence-electron chi connectivity index (χ2n) is 4.96. The fourth-order valence-corrected chi connectivity index (χ4v) is 3.31. The molecule has 0 unspecified atom stereocenters. The monoisotopic (exact) mass is 320 g/mol. The molecule has 3 rings (SSSR count). The van der Waals surface area contributed by atoms with Gasteiger partial charge in [0.1, 0.15) is 18.1 Å².